The molecular formula is C14H26. The fraction of sp³-hybridized carbons (Fsp3) is 1.00. The lowest BCUT2D eigenvalue weighted by Crippen LogP contribution is -2.23. The van der Waals surface area contributed by atoms with Gasteiger partial charge in [0.05, 0.1) is 0 Å². The number of hydrogen-bond acceptors (Lipinski definition) is 0. The molecule has 0 N–H and O–H groups in total. The molecule has 4 unspecified atom stereocenters. The van der Waals surface area contributed by atoms with Crippen molar-refractivity contribution in [2.45, 2.75) is 53.9 Å². The smallest absolute Gasteiger partial charge is 0.0258 e. The van der Waals surface area contributed by atoms with E-state index in [0.29, 0.717) is 0 Å². The molecule has 0 heterocycles. The third-order valence-corrected chi connectivity index (χ3v) is 5.26. The van der Waals surface area contributed by atoms with Crippen molar-refractivity contribution >= 4 is 0 Å². The van der Waals surface area contributed by atoms with E-state index in [1.807, 2.05) is 0 Å². The van der Waals surface area contributed by atoms with E-state index in [4.69, 9.17) is 0 Å². The summed E-state index contributed by atoms with van der Waals surface area (Å²) >= 11 is 0. The summed E-state index contributed by atoms with van der Waals surface area (Å²) < 4.78 is 0. The van der Waals surface area contributed by atoms with Gasteiger partial charge in [-0.2, -0.15) is 0 Å². The zero-order valence-corrected chi connectivity index (χ0v) is 10.5. The zero-order valence-electron chi connectivity index (χ0n) is 10.5. The number of rotatable bonds is 4. The van der Waals surface area contributed by atoms with Crippen LogP contribution in [0.4, 0.5) is 0 Å². The van der Waals surface area contributed by atoms with Crippen molar-refractivity contribution in [3.8, 4) is 0 Å². The third kappa shape index (κ3) is 1.33. The van der Waals surface area contributed by atoms with Gasteiger partial charge in [0.2, 0.25) is 0 Å². The van der Waals surface area contributed by atoms with Gasteiger partial charge in [0.25, 0.3) is 0 Å². The van der Waals surface area contributed by atoms with E-state index in [1.54, 1.807) is 0 Å². The minimum Gasteiger partial charge on any atom is -0.0628 e. The predicted molar refractivity (Wildman–Crippen MR) is 62.1 cm³/mol. The summed E-state index contributed by atoms with van der Waals surface area (Å²) in [6, 6.07) is 0. The maximum atomic E-state index is 2.54. The highest BCUT2D eigenvalue weighted by molar-refractivity contribution is 5.19. The van der Waals surface area contributed by atoms with Crippen LogP contribution in [0, 0.1) is 35.0 Å². The van der Waals surface area contributed by atoms with Crippen LogP contribution in [0.5, 0.6) is 0 Å². The average Bonchev–Trinajstić information content (AvgIpc) is 2.67. The standard InChI is InChI=1S/C14H26/c1-9(2)7-6-8-14(5)12-10(3)11(4)13(12)14/h9-13H,6-8H2,1-5H3. The summed E-state index contributed by atoms with van der Waals surface area (Å²) in [5.41, 5.74) is 0.758. The van der Waals surface area contributed by atoms with Gasteiger partial charge >= 0.3 is 0 Å². The molecule has 0 aliphatic heterocycles. The zero-order chi connectivity index (χ0) is 10.5. The Morgan fingerprint density at radius 1 is 1.07 bits per heavy atom. The lowest BCUT2D eigenvalue weighted by Gasteiger charge is -2.28. The molecule has 2 saturated carbocycles. The molecule has 0 aromatic rings. The van der Waals surface area contributed by atoms with Gasteiger partial charge in [0.1, 0.15) is 0 Å². The van der Waals surface area contributed by atoms with Crippen LogP contribution in [0.25, 0.3) is 0 Å². The molecule has 0 heteroatoms. The Balaban J connectivity index is 1.78. The average molecular weight is 194 g/mol. The van der Waals surface area contributed by atoms with Crippen LogP contribution in [0.2, 0.25) is 0 Å². The Bertz CT molecular complexity index is 202. The third-order valence-electron chi connectivity index (χ3n) is 5.26. The van der Waals surface area contributed by atoms with Gasteiger partial charge in [0, 0.05) is 0 Å². The van der Waals surface area contributed by atoms with E-state index in [2.05, 4.69) is 34.6 Å². The topological polar surface area (TPSA) is 0 Å². The summed E-state index contributed by atoms with van der Waals surface area (Å²) in [6.07, 6.45) is 4.38. The van der Waals surface area contributed by atoms with Gasteiger partial charge in [-0.15, -0.1) is 0 Å². The summed E-state index contributed by atoms with van der Waals surface area (Å²) in [4.78, 5) is 0. The highest BCUT2D eigenvalue weighted by atomic mass is 14.8. The molecule has 0 saturated heterocycles. The predicted octanol–water partition coefficient (Wildman–Crippen LogP) is 4.35. The van der Waals surface area contributed by atoms with E-state index in [9.17, 15) is 0 Å². The van der Waals surface area contributed by atoms with Crippen LogP contribution in [-0.2, 0) is 0 Å². The summed E-state index contributed by atoms with van der Waals surface area (Å²) in [5.74, 6) is 5.13. The highest BCUT2D eigenvalue weighted by Crippen LogP contribution is 2.77. The van der Waals surface area contributed by atoms with E-state index >= 15 is 0 Å². The van der Waals surface area contributed by atoms with Crippen molar-refractivity contribution in [2.24, 2.45) is 35.0 Å². The first-order chi connectivity index (χ1) is 6.48. The molecule has 2 fully saturated rings. The molecule has 82 valence electrons. The summed E-state index contributed by atoms with van der Waals surface area (Å²) in [6.45, 7) is 12.1. The molecule has 0 nitrogen and oxygen atoms in total. The first kappa shape index (κ1) is 10.5. The van der Waals surface area contributed by atoms with Crippen molar-refractivity contribution in [3.05, 3.63) is 0 Å². The van der Waals surface area contributed by atoms with Crippen molar-refractivity contribution in [1.82, 2.24) is 0 Å². The summed E-state index contributed by atoms with van der Waals surface area (Å²) in [5, 5.41) is 0. The van der Waals surface area contributed by atoms with Gasteiger partial charge < -0.3 is 0 Å². The molecule has 4 atom stereocenters. The maximum absolute atomic E-state index is 2.54. The van der Waals surface area contributed by atoms with Crippen molar-refractivity contribution in [1.29, 1.82) is 0 Å². The van der Waals surface area contributed by atoms with Gasteiger partial charge in [-0.3, -0.25) is 0 Å². The molecule has 0 aromatic carbocycles. The van der Waals surface area contributed by atoms with E-state index in [-0.39, 0.29) is 0 Å². The van der Waals surface area contributed by atoms with Crippen LogP contribution in [0.1, 0.15) is 53.9 Å². The molecule has 0 amide bonds. The Morgan fingerprint density at radius 2 is 1.57 bits per heavy atom. The van der Waals surface area contributed by atoms with Gasteiger partial charge in [-0.1, -0.05) is 47.5 Å². The Kier molecular flexibility index (Phi) is 2.44. The second kappa shape index (κ2) is 3.25. The number of fused-ring (bicyclic) bond motifs is 1. The van der Waals surface area contributed by atoms with Gasteiger partial charge in [0.15, 0.2) is 0 Å². The minimum absolute atomic E-state index is 0.758. The van der Waals surface area contributed by atoms with Crippen LogP contribution in [-0.4, -0.2) is 0 Å². The second-order valence-corrected chi connectivity index (χ2v) is 6.56. The maximum Gasteiger partial charge on any atom is -0.0258 e. The Hall–Kier alpha value is 0. The van der Waals surface area contributed by atoms with Crippen molar-refractivity contribution in [2.75, 3.05) is 0 Å². The quantitative estimate of drug-likeness (QED) is 0.624. The first-order valence-electron chi connectivity index (χ1n) is 6.48. The monoisotopic (exact) mass is 194 g/mol. The fourth-order valence-corrected chi connectivity index (χ4v) is 4.23. The number of hydrogen-bond donors (Lipinski definition) is 0. The van der Waals surface area contributed by atoms with Crippen LogP contribution < -0.4 is 0 Å². The first-order valence-corrected chi connectivity index (χ1v) is 6.48. The molecule has 2 aliphatic carbocycles. The van der Waals surface area contributed by atoms with Crippen molar-refractivity contribution in [3.63, 3.8) is 0 Å². The van der Waals surface area contributed by atoms with Gasteiger partial charge in [-0.05, 0) is 41.4 Å². The highest BCUT2D eigenvalue weighted by Gasteiger charge is 2.72. The molecule has 14 heavy (non-hydrogen) atoms. The minimum atomic E-state index is 0.758. The summed E-state index contributed by atoms with van der Waals surface area (Å²) in [7, 11) is 0. The molecule has 0 aromatic heterocycles. The normalized spacial score (nSPS) is 50.1. The lowest BCUT2D eigenvalue weighted by molar-refractivity contribution is 0.195. The lowest BCUT2D eigenvalue weighted by atomic mass is 9.77. The van der Waals surface area contributed by atoms with E-state index in [1.165, 1.54) is 19.3 Å². The van der Waals surface area contributed by atoms with Gasteiger partial charge in [-0.25, -0.2) is 0 Å². The molecule has 2 rings (SSSR count). The van der Waals surface area contributed by atoms with Crippen LogP contribution >= 0.6 is 0 Å². The Morgan fingerprint density at radius 3 is 2.00 bits per heavy atom. The van der Waals surface area contributed by atoms with E-state index in [0.717, 1.165) is 35.0 Å². The van der Waals surface area contributed by atoms with Crippen LogP contribution in [0.15, 0.2) is 0 Å². The largest absolute Gasteiger partial charge is 0.0628 e. The molecule has 0 bridgehead atoms. The SMILES string of the molecule is CC(C)CCCC1(C)C2C(C)C(C)C21. The molecule has 0 radical (unpaired) electrons. The van der Waals surface area contributed by atoms with Crippen molar-refractivity contribution < 1.29 is 0 Å². The fourth-order valence-electron chi connectivity index (χ4n) is 4.23. The Labute approximate surface area is 89.5 Å². The van der Waals surface area contributed by atoms with E-state index < -0.39 is 0 Å². The molecular weight excluding hydrogens is 168 g/mol. The molecule has 0 spiro atoms. The second-order valence-electron chi connectivity index (χ2n) is 6.56. The molecule has 2 aliphatic rings. The van der Waals surface area contributed by atoms with Crippen LogP contribution in [0.3, 0.4) is 0 Å².